The molecular formula is C25H27F3N4O4S. The highest BCUT2D eigenvalue weighted by atomic mass is 32.2. The van der Waals surface area contributed by atoms with Gasteiger partial charge in [-0.2, -0.15) is 17.5 Å². The molecule has 0 saturated carbocycles. The van der Waals surface area contributed by atoms with Gasteiger partial charge in [0.1, 0.15) is 0 Å². The van der Waals surface area contributed by atoms with E-state index in [1.165, 1.54) is 16.4 Å². The first kappa shape index (κ1) is 25.7. The van der Waals surface area contributed by atoms with E-state index in [0.29, 0.717) is 29.7 Å². The fourth-order valence-corrected chi connectivity index (χ4v) is 6.82. The number of fused-ring (bicyclic) bond motifs is 1. The predicted octanol–water partition coefficient (Wildman–Crippen LogP) is 1.95. The number of hydrogen-bond donors (Lipinski definition) is 2. The zero-order valence-electron chi connectivity index (χ0n) is 19.9. The van der Waals surface area contributed by atoms with E-state index in [1.807, 2.05) is 30.3 Å². The summed E-state index contributed by atoms with van der Waals surface area (Å²) >= 11 is 0. The van der Waals surface area contributed by atoms with Crippen LogP contribution in [-0.2, 0) is 39.0 Å². The number of rotatable bonds is 4. The molecule has 5 rings (SSSR count). The van der Waals surface area contributed by atoms with Gasteiger partial charge in [-0.15, -0.1) is 0 Å². The van der Waals surface area contributed by atoms with Gasteiger partial charge < -0.3 is 10.2 Å². The maximum Gasteiger partial charge on any atom is 0.471 e. The predicted molar refractivity (Wildman–Crippen MR) is 128 cm³/mol. The fraction of sp³-hybridized carbons (Fsp3) is 0.440. The minimum Gasteiger partial charge on any atom is -0.337 e. The first-order valence-electron chi connectivity index (χ1n) is 12.1. The van der Waals surface area contributed by atoms with E-state index in [4.69, 9.17) is 0 Å². The van der Waals surface area contributed by atoms with Gasteiger partial charge in [0.2, 0.25) is 15.9 Å². The third-order valence-corrected chi connectivity index (χ3v) is 9.24. The molecule has 0 radical (unpaired) electrons. The van der Waals surface area contributed by atoms with Gasteiger partial charge in [-0.3, -0.25) is 14.9 Å². The first-order chi connectivity index (χ1) is 17.5. The molecule has 198 valence electrons. The Morgan fingerprint density at radius 3 is 2.41 bits per heavy atom. The lowest BCUT2D eigenvalue weighted by Gasteiger charge is -2.39. The Bertz CT molecular complexity index is 1310. The van der Waals surface area contributed by atoms with Crippen molar-refractivity contribution in [2.75, 3.05) is 19.6 Å². The number of benzene rings is 2. The lowest BCUT2D eigenvalue weighted by Crippen LogP contribution is -2.58. The summed E-state index contributed by atoms with van der Waals surface area (Å²) in [6.45, 7) is -0.0264. The standard InChI is InChI=1S/C25H27F3N4O4S/c26-25(27,28)23(34)31-11-8-18-6-7-20(15-19(18)16-31)37(35,36)32-12-9-24(10-13-32)29-21(22(33)30-24)14-17-4-2-1-3-5-17/h1-7,15,21,29H,8-14,16H2,(H,30,33). The van der Waals surface area contributed by atoms with Gasteiger partial charge in [0.25, 0.3) is 0 Å². The SMILES string of the molecule is O=C1NC2(CCN(S(=O)(=O)c3ccc4c(c3)CN(C(=O)C(F)(F)F)CC4)CC2)NC1Cc1ccccc1. The maximum atomic E-state index is 13.4. The Kier molecular flexibility index (Phi) is 6.53. The molecule has 0 bridgehead atoms. The van der Waals surface area contributed by atoms with Gasteiger partial charge in [0.05, 0.1) is 16.6 Å². The summed E-state index contributed by atoms with van der Waals surface area (Å²) < 4.78 is 66.7. The summed E-state index contributed by atoms with van der Waals surface area (Å²) in [6.07, 6.45) is -3.47. The van der Waals surface area contributed by atoms with Crippen LogP contribution < -0.4 is 10.6 Å². The van der Waals surface area contributed by atoms with E-state index in [0.717, 1.165) is 11.1 Å². The molecule has 1 atom stereocenters. The van der Waals surface area contributed by atoms with Crippen molar-refractivity contribution in [3.63, 3.8) is 0 Å². The van der Waals surface area contributed by atoms with Crippen molar-refractivity contribution in [2.45, 2.75) is 55.0 Å². The van der Waals surface area contributed by atoms with E-state index < -0.39 is 33.8 Å². The van der Waals surface area contributed by atoms with E-state index in [-0.39, 0.29) is 43.4 Å². The van der Waals surface area contributed by atoms with Crippen LogP contribution in [0, 0.1) is 0 Å². The van der Waals surface area contributed by atoms with Gasteiger partial charge in [0.15, 0.2) is 0 Å². The Morgan fingerprint density at radius 2 is 1.73 bits per heavy atom. The van der Waals surface area contributed by atoms with Crippen molar-refractivity contribution in [1.29, 1.82) is 0 Å². The Balaban J connectivity index is 1.26. The highest BCUT2D eigenvalue weighted by Crippen LogP contribution is 2.31. The van der Waals surface area contributed by atoms with Crippen LogP contribution in [0.5, 0.6) is 0 Å². The van der Waals surface area contributed by atoms with Crippen molar-refractivity contribution < 1.29 is 31.2 Å². The lowest BCUT2D eigenvalue weighted by atomic mass is 9.99. The smallest absolute Gasteiger partial charge is 0.337 e. The molecule has 2 aromatic rings. The summed E-state index contributed by atoms with van der Waals surface area (Å²) in [5.74, 6) is -2.04. The van der Waals surface area contributed by atoms with Crippen molar-refractivity contribution in [2.24, 2.45) is 0 Å². The average Bonchev–Trinajstić information content (AvgIpc) is 3.16. The third-order valence-electron chi connectivity index (χ3n) is 7.35. The summed E-state index contributed by atoms with van der Waals surface area (Å²) in [6, 6.07) is 13.7. The van der Waals surface area contributed by atoms with Crippen molar-refractivity contribution in [1.82, 2.24) is 19.8 Å². The molecule has 2 fully saturated rings. The highest BCUT2D eigenvalue weighted by molar-refractivity contribution is 7.89. The second kappa shape index (κ2) is 9.41. The van der Waals surface area contributed by atoms with Crippen LogP contribution in [0.2, 0.25) is 0 Å². The molecule has 3 aliphatic rings. The number of nitrogens with zero attached hydrogens (tertiary/aromatic N) is 2. The summed E-state index contributed by atoms with van der Waals surface area (Å²) in [4.78, 5) is 25.0. The van der Waals surface area contributed by atoms with Crippen LogP contribution in [0.25, 0.3) is 0 Å². The topological polar surface area (TPSA) is 98.8 Å². The number of sulfonamides is 1. The molecule has 3 heterocycles. The van der Waals surface area contributed by atoms with E-state index in [9.17, 15) is 31.2 Å². The molecule has 2 N–H and O–H groups in total. The average molecular weight is 537 g/mol. The van der Waals surface area contributed by atoms with Crippen molar-refractivity contribution >= 4 is 21.8 Å². The number of hydrogen-bond acceptors (Lipinski definition) is 5. The summed E-state index contributed by atoms with van der Waals surface area (Å²) in [5, 5.41) is 6.39. The number of piperidine rings is 1. The number of amides is 2. The zero-order chi connectivity index (χ0) is 26.4. The van der Waals surface area contributed by atoms with Crippen LogP contribution >= 0.6 is 0 Å². The van der Waals surface area contributed by atoms with Gasteiger partial charge in [0, 0.05) is 26.2 Å². The summed E-state index contributed by atoms with van der Waals surface area (Å²) in [7, 11) is -3.92. The Labute approximate surface area is 212 Å². The molecule has 8 nitrogen and oxygen atoms in total. The van der Waals surface area contributed by atoms with Gasteiger partial charge >= 0.3 is 12.1 Å². The number of carbonyl (C=O) groups excluding carboxylic acids is 2. The van der Waals surface area contributed by atoms with Crippen LogP contribution in [0.15, 0.2) is 53.4 Å². The quantitative estimate of drug-likeness (QED) is 0.623. The van der Waals surface area contributed by atoms with E-state index in [2.05, 4.69) is 10.6 Å². The molecular weight excluding hydrogens is 509 g/mol. The molecule has 0 aromatic heterocycles. The van der Waals surface area contributed by atoms with Crippen molar-refractivity contribution in [3.05, 3.63) is 65.2 Å². The maximum absolute atomic E-state index is 13.4. The second-order valence-electron chi connectivity index (χ2n) is 9.77. The van der Waals surface area contributed by atoms with Crippen LogP contribution in [0.1, 0.15) is 29.5 Å². The van der Waals surface area contributed by atoms with Crippen LogP contribution in [-0.4, -0.2) is 67.0 Å². The lowest BCUT2D eigenvalue weighted by molar-refractivity contribution is -0.186. The molecule has 12 heteroatoms. The number of carbonyl (C=O) groups is 2. The minimum atomic E-state index is -4.98. The molecule has 0 aliphatic carbocycles. The third kappa shape index (κ3) is 5.10. The second-order valence-corrected chi connectivity index (χ2v) is 11.7. The Hall–Kier alpha value is -2.96. The van der Waals surface area contributed by atoms with Gasteiger partial charge in [-0.05, 0) is 54.5 Å². The van der Waals surface area contributed by atoms with Crippen LogP contribution in [0.3, 0.4) is 0 Å². The monoisotopic (exact) mass is 536 g/mol. The molecule has 37 heavy (non-hydrogen) atoms. The van der Waals surface area contributed by atoms with Crippen molar-refractivity contribution in [3.8, 4) is 0 Å². The molecule has 2 saturated heterocycles. The van der Waals surface area contributed by atoms with Crippen LogP contribution in [0.4, 0.5) is 13.2 Å². The fourth-order valence-electron chi connectivity index (χ4n) is 5.32. The zero-order valence-corrected chi connectivity index (χ0v) is 20.7. The van der Waals surface area contributed by atoms with E-state index >= 15 is 0 Å². The van der Waals surface area contributed by atoms with Gasteiger partial charge in [-0.25, -0.2) is 8.42 Å². The molecule has 1 unspecified atom stereocenters. The molecule has 2 amide bonds. The normalized spacial score (nSPS) is 22.1. The van der Waals surface area contributed by atoms with Gasteiger partial charge in [-0.1, -0.05) is 36.4 Å². The largest absolute Gasteiger partial charge is 0.471 e. The highest BCUT2D eigenvalue weighted by Gasteiger charge is 2.47. The Morgan fingerprint density at radius 1 is 1.03 bits per heavy atom. The van der Waals surface area contributed by atoms with E-state index in [1.54, 1.807) is 6.07 Å². The molecule has 1 spiro atoms. The number of alkyl halides is 3. The molecule has 3 aliphatic heterocycles. The molecule has 2 aromatic carbocycles. The minimum absolute atomic E-state index is 0.0196. The summed E-state index contributed by atoms with van der Waals surface area (Å²) in [5.41, 5.74) is 1.46. The number of nitrogens with one attached hydrogen (secondary N) is 2. The first-order valence-corrected chi connectivity index (χ1v) is 13.5. The number of halogens is 3.